The van der Waals surface area contributed by atoms with E-state index < -0.39 is 12.1 Å². The summed E-state index contributed by atoms with van der Waals surface area (Å²) in [5.74, 6) is -0.00534. The van der Waals surface area contributed by atoms with Crippen LogP contribution in [-0.4, -0.2) is 25.2 Å². The van der Waals surface area contributed by atoms with Crippen molar-refractivity contribution in [1.29, 1.82) is 0 Å². The molecule has 1 rings (SSSR count). The number of amides is 1. The van der Waals surface area contributed by atoms with Gasteiger partial charge in [-0.2, -0.15) is 0 Å². The molecule has 0 saturated carbocycles. The molecule has 19 heavy (non-hydrogen) atoms. The van der Waals surface area contributed by atoms with Gasteiger partial charge in [-0.15, -0.1) is 0 Å². The van der Waals surface area contributed by atoms with Crippen LogP contribution in [0.2, 0.25) is 0 Å². The predicted molar refractivity (Wildman–Crippen MR) is 79.3 cm³/mol. The SMILES string of the molecule is CCOC(=O)CNC(=O)Oc1cc(C)c(I)cc1C. The van der Waals surface area contributed by atoms with Crippen LogP contribution in [0, 0.1) is 17.4 Å². The Balaban J connectivity index is 2.58. The molecule has 1 aromatic carbocycles. The molecule has 0 fully saturated rings. The molecule has 5 nitrogen and oxygen atoms in total. The molecular formula is C13H16INO4. The van der Waals surface area contributed by atoms with Gasteiger partial charge in [0.05, 0.1) is 6.61 Å². The zero-order chi connectivity index (χ0) is 14.4. The second kappa shape index (κ2) is 7.32. The van der Waals surface area contributed by atoms with E-state index in [-0.39, 0.29) is 13.2 Å². The summed E-state index contributed by atoms with van der Waals surface area (Å²) in [4.78, 5) is 22.6. The lowest BCUT2D eigenvalue weighted by molar-refractivity contribution is -0.141. The summed E-state index contributed by atoms with van der Waals surface area (Å²) in [6.07, 6.45) is -0.670. The van der Waals surface area contributed by atoms with Crippen LogP contribution in [0.4, 0.5) is 4.79 Å². The Hall–Kier alpha value is -1.31. The highest BCUT2D eigenvalue weighted by Gasteiger charge is 2.10. The van der Waals surface area contributed by atoms with E-state index >= 15 is 0 Å². The topological polar surface area (TPSA) is 64.6 Å². The number of hydrogen-bond donors (Lipinski definition) is 1. The average molecular weight is 377 g/mol. The molecular weight excluding hydrogens is 361 g/mol. The third kappa shape index (κ3) is 5.06. The fraction of sp³-hybridized carbons (Fsp3) is 0.385. The van der Waals surface area contributed by atoms with Gasteiger partial charge in [0.2, 0.25) is 0 Å². The van der Waals surface area contributed by atoms with Gasteiger partial charge < -0.3 is 14.8 Å². The third-order valence-electron chi connectivity index (χ3n) is 2.34. The Morgan fingerprint density at radius 2 is 1.95 bits per heavy atom. The van der Waals surface area contributed by atoms with Crippen molar-refractivity contribution in [3.63, 3.8) is 0 Å². The molecule has 0 spiro atoms. The highest BCUT2D eigenvalue weighted by atomic mass is 127. The quantitative estimate of drug-likeness (QED) is 0.647. The Morgan fingerprint density at radius 1 is 1.26 bits per heavy atom. The molecule has 0 bridgehead atoms. The Kier molecular flexibility index (Phi) is 6.07. The predicted octanol–water partition coefficient (Wildman–Crippen LogP) is 2.56. The molecule has 0 unspecified atom stereocenters. The van der Waals surface area contributed by atoms with Crippen LogP contribution in [0.3, 0.4) is 0 Å². The van der Waals surface area contributed by atoms with Crippen molar-refractivity contribution in [2.45, 2.75) is 20.8 Å². The number of carbonyl (C=O) groups excluding carboxylic acids is 2. The van der Waals surface area contributed by atoms with Gasteiger partial charge in [0.15, 0.2) is 0 Å². The van der Waals surface area contributed by atoms with Crippen LogP contribution >= 0.6 is 22.6 Å². The largest absolute Gasteiger partial charge is 0.465 e. The van der Waals surface area contributed by atoms with Crippen LogP contribution in [0.15, 0.2) is 12.1 Å². The number of nitrogens with one attached hydrogen (secondary N) is 1. The number of halogens is 1. The summed E-state index contributed by atoms with van der Waals surface area (Å²) < 4.78 is 10.9. The smallest absolute Gasteiger partial charge is 0.413 e. The minimum Gasteiger partial charge on any atom is -0.465 e. The molecule has 104 valence electrons. The van der Waals surface area contributed by atoms with Gasteiger partial charge in [-0.25, -0.2) is 4.79 Å². The Morgan fingerprint density at radius 3 is 2.58 bits per heavy atom. The number of aryl methyl sites for hydroxylation is 2. The lowest BCUT2D eigenvalue weighted by Gasteiger charge is -2.10. The fourth-order valence-electron chi connectivity index (χ4n) is 1.36. The van der Waals surface area contributed by atoms with E-state index in [1.165, 1.54) is 0 Å². The molecule has 6 heteroatoms. The number of benzene rings is 1. The maximum absolute atomic E-state index is 11.5. The highest BCUT2D eigenvalue weighted by Crippen LogP contribution is 2.23. The second-order valence-electron chi connectivity index (χ2n) is 3.91. The highest BCUT2D eigenvalue weighted by molar-refractivity contribution is 14.1. The number of esters is 1. The van der Waals surface area contributed by atoms with Gasteiger partial charge in [0.25, 0.3) is 0 Å². The van der Waals surface area contributed by atoms with Crippen LogP contribution in [-0.2, 0) is 9.53 Å². The molecule has 0 aliphatic rings. The van der Waals surface area contributed by atoms with Gasteiger partial charge in [0.1, 0.15) is 12.3 Å². The maximum atomic E-state index is 11.5. The van der Waals surface area contributed by atoms with Crippen LogP contribution < -0.4 is 10.1 Å². The van der Waals surface area contributed by atoms with Gasteiger partial charge in [-0.3, -0.25) is 4.79 Å². The van der Waals surface area contributed by atoms with Gasteiger partial charge in [0, 0.05) is 3.57 Å². The van der Waals surface area contributed by atoms with Crippen molar-refractivity contribution in [2.24, 2.45) is 0 Å². The summed E-state index contributed by atoms with van der Waals surface area (Å²) in [6, 6.07) is 3.73. The van der Waals surface area contributed by atoms with E-state index in [0.29, 0.717) is 5.75 Å². The maximum Gasteiger partial charge on any atom is 0.413 e. The van der Waals surface area contributed by atoms with Crippen LogP contribution in [0.5, 0.6) is 5.75 Å². The van der Waals surface area contributed by atoms with Crippen molar-refractivity contribution in [1.82, 2.24) is 5.32 Å². The van der Waals surface area contributed by atoms with E-state index in [0.717, 1.165) is 14.7 Å². The molecule has 1 aromatic rings. The number of ether oxygens (including phenoxy) is 2. The van der Waals surface area contributed by atoms with E-state index in [1.54, 1.807) is 13.0 Å². The number of rotatable bonds is 4. The van der Waals surface area contributed by atoms with E-state index in [2.05, 4.69) is 27.9 Å². The zero-order valence-electron chi connectivity index (χ0n) is 11.1. The minimum absolute atomic E-state index is 0.199. The van der Waals surface area contributed by atoms with E-state index in [4.69, 9.17) is 9.47 Å². The van der Waals surface area contributed by atoms with Gasteiger partial charge in [-0.1, -0.05) is 0 Å². The monoisotopic (exact) mass is 377 g/mol. The van der Waals surface area contributed by atoms with Crippen molar-refractivity contribution in [2.75, 3.05) is 13.2 Å². The first kappa shape index (κ1) is 15.7. The molecule has 0 saturated heterocycles. The van der Waals surface area contributed by atoms with E-state index in [9.17, 15) is 9.59 Å². The second-order valence-corrected chi connectivity index (χ2v) is 5.08. The van der Waals surface area contributed by atoms with Crippen molar-refractivity contribution in [3.05, 3.63) is 26.8 Å². The molecule has 0 radical (unpaired) electrons. The zero-order valence-corrected chi connectivity index (χ0v) is 13.2. The van der Waals surface area contributed by atoms with Gasteiger partial charge in [-0.05, 0) is 66.6 Å². The first-order valence-electron chi connectivity index (χ1n) is 5.82. The minimum atomic E-state index is -0.670. The van der Waals surface area contributed by atoms with Crippen molar-refractivity contribution >= 4 is 34.7 Å². The molecule has 0 heterocycles. The van der Waals surface area contributed by atoms with E-state index in [1.807, 2.05) is 19.9 Å². The summed E-state index contributed by atoms with van der Waals surface area (Å²) in [7, 11) is 0. The first-order valence-corrected chi connectivity index (χ1v) is 6.90. The van der Waals surface area contributed by atoms with Crippen LogP contribution in [0.25, 0.3) is 0 Å². The Bertz CT molecular complexity index is 488. The summed E-state index contributed by atoms with van der Waals surface area (Å²) in [5, 5.41) is 2.34. The summed E-state index contributed by atoms with van der Waals surface area (Å²) in [6.45, 7) is 5.58. The molecule has 0 aliphatic heterocycles. The van der Waals surface area contributed by atoms with Gasteiger partial charge >= 0.3 is 12.1 Å². The standard InChI is InChI=1S/C13H16INO4/c1-4-18-12(16)7-15-13(17)19-11-6-8(2)10(14)5-9(11)3/h5-6H,4,7H2,1-3H3,(H,15,17). The molecule has 0 aromatic heterocycles. The first-order chi connectivity index (χ1) is 8.93. The average Bonchev–Trinajstić information content (AvgIpc) is 2.34. The summed E-state index contributed by atoms with van der Waals surface area (Å²) >= 11 is 2.22. The normalized spacial score (nSPS) is 9.89. The fourth-order valence-corrected chi connectivity index (χ4v) is 1.98. The molecule has 0 aliphatic carbocycles. The van der Waals surface area contributed by atoms with Crippen molar-refractivity contribution in [3.8, 4) is 5.75 Å². The van der Waals surface area contributed by atoms with Crippen LogP contribution in [0.1, 0.15) is 18.1 Å². The molecule has 1 amide bonds. The lowest BCUT2D eigenvalue weighted by Crippen LogP contribution is -2.33. The number of carbonyl (C=O) groups is 2. The Labute approximate surface area is 125 Å². The van der Waals surface area contributed by atoms with Crippen molar-refractivity contribution < 1.29 is 19.1 Å². The molecule has 1 N–H and O–H groups in total. The molecule has 0 atom stereocenters. The third-order valence-corrected chi connectivity index (χ3v) is 3.50. The summed E-state index contributed by atoms with van der Waals surface area (Å²) in [5.41, 5.74) is 1.89. The lowest BCUT2D eigenvalue weighted by atomic mass is 10.1. The number of hydrogen-bond acceptors (Lipinski definition) is 4.